The zero-order valence-electron chi connectivity index (χ0n) is 9.42. The monoisotopic (exact) mass is 383 g/mol. The lowest BCUT2D eigenvalue weighted by Gasteiger charge is -2.06. The molecular formula is C9H7BrClN3O3S2. The number of halogens is 2. The minimum atomic E-state index is -3.73. The first-order chi connectivity index (χ1) is 8.90. The summed E-state index contributed by atoms with van der Waals surface area (Å²) in [4.78, 5) is 7.63. The first kappa shape index (κ1) is 14.5. The summed E-state index contributed by atoms with van der Waals surface area (Å²) in [5.74, 6) is 0.0268. The Morgan fingerprint density at radius 3 is 2.74 bits per heavy atom. The maximum atomic E-state index is 12.0. The van der Waals surface area contributed by atoms with E-state index in [9.17, 15) is 8.42 Å². The topological polar surface area (TPSA) is 81.2 Å². The molecular weight excluding hydrogens is 378 g/mol. The van der Waals surface area contributed by atoms with Crippen LogP contribution in [0.4, 0.5) is 5.95 Å². The highest BCUT2D eigenvalue weighted by atomic mass is 79.9. The molecule has 0 aliphatic rings. The molecule has 6 nitrogen and oxygen atoms in total. The number of hydrogen-bond acceptors (Lipinski definition) is 6. The highest BCUT2D eigenvalue weighted by Crippen LogP contribution is 2.27. The molecule has 19 heavy (non-hydrogen) atoms. The summed E-state index contributed by atoms with van der Waals surface area (Å²) in [7, 11) is -2.34. The summed E-state index contributed by atoms with van der Waals surface area (Å²) in [6, 6.07) is 4.48. The zero-order valence-corrected chi connectivity index (χ0v) is 13.4. The lowest BCUT2D eigenvalue weighted by atomic mass is 10.6. The molecule has 0 saturated heterocycles. The number of thiophene rings is 1. The average molecular weight is 385 g/mol. The minimum absolute atomic E-state index is 0.0805. The lowest BCUT2D eigenvalue weighted by Crippen LogP contribution is -2.14. The van der Waals surface area contributed by atoms with Gasteiger partial charge in [-0.3, -0.25) is 0 Å². The second-order valence-electron chi connectivity index (χ2n) is 3.22. The molecule has 2 rings (SSSR count). The first-order valence-corrected chi connectivity index (χ1v) is 8.24. The van der Waals surface area contributed by atoms with Gasteiger partial charge >= 0.3 is 0 Å². The molecule has 0 aliphatic carbocycles. The van der Waals surface area contributed by atoms with Gasteiger partial charge in [-0.2, -0.15) is 4.98 Å². The van der Waals surface area contributed by atoms with Crippen molar-refractivity contribution in [2.75, 3.05) is 11.8 Å². The van der Waals surface area contributed by atoms with Crippen LogP contribution in [-0.4, -0.2) is 25.5 Å². The summed E-state index contributed by atoms with van der Waals surface area (Å²) >= 11 is 10.0. The zero-order chi connectivity index (χ0) is 14.0. The molecule has 102 valence electrons. The van der Waals surface area contributed by atoms with Crippen LogP contribution in [0.15, 0.2) is 26.2 Å². The molecule has 1 N–H and O–H groups in total. The Bertz CT molecular complexity index is 704. The van der Waals surface area contributed by atoms with Gasteiger partial charge in [0, 0.05) is 6.07 Å². The van der Waals surface area contributed by atoms with Gasteiger partial charge < -0.3 is 4.74 Å². The van der Waals surface area contributed by atoms with Gasteiger partial charge in [-0.05, 0) is 28.1 Å². The van der Waals surface area contributed by atoms with E-state index in [1.807, 2.05) is 0 Å². The number of nitrogens with zero attached hydrogens (tertiary/aromatic N) is 2. The lowest BCUT2D eigenvalue weighted by molar-refractivity contribution is 0.397. The Morgan fingerprint density at radius 1 is 1.42 bits per heavy atom. The van der Waals surface area contributed by atoms with Crippen LogP contribution in [0.3, 0.4) is 0 Å². The van der Waals surface area contributed by atoms with E-state index >= 15 is 0 Å². The van der Waals surface area contributed by atoms with Gasteiger partial charge in [0.1, 0.15) is 9.36 Å². The van der Waals surface area contributed by atoms with Gasteiger partial charge in [-0.25, -0.2) is 18.1 Å². The molecule has 0 aliphatic heterocycles. The molecule has 0 fully saturated rings. The van der Waals surface area contributed by atoms with E-state index in [0.29, 0.717) is 3.79 Å². The van der Waals surface area contributed by atoms with Crippen molar-refractivity contribution in [3.8, 4) is 5.88 Å². The fourth-order valence-electron chi connectivity index (χ4n) is 1.16. The molecule has 0 radical (unpaired) electrons. The predicted octanol–water partition coefficient (Wildman–Crippen LogP) is 2.76. The van der Waals surface area contributed by atoms with Crippen molar-refractivity contribution in [1.82, 2.24) is 9.97 Å². The highest BCUT2D eigenvalue weighted by Gasteiger charge is 2.18. The SMILES string of the molecule is COc1cc(Cl)nc(NS(=O)(=O)c2ccc(Br)s2)n1. The molecule has 0 spiro atoms. The summed E-state index contributed by atoms with van der Waals surface area (Å²) in [5, 5.41) is 0.0805. The van der Waals surface area contributed by atoms with Gasteiger partial charge in [0.05, 0.1) is 10.9 Å². The molecule has 0 aromatic carbocycles. The largest absolute Gasteiger partial charge is 0.481 e. The van der Waals surface area contributed by atoms with Crippen LogP contribution < -0.4 is 9.46 Å². The van der Waals surface area contributed by atoms with Crippen LogP contribution in [0.25, 0.3) is 0 Å². The van der Waals surface area contributed by atoms with Crippen LogP contribution in [0.2, 0.25) is 5.15 Å². The predicted molar refractivity (Wildman–Crippen MR) is 76.4 cm³/mol. The van der Waals surface area contributed by atoms with Crippen molar-refractivity contribution in [2.45, 2.75) is 4.21 Å². The average Bonchev–Trinajstić information content (AvgIpc) is 2.75. The van der Waals surface area contributed by atoms with Gasteiger partial charge in [0.25, 0.3) is 10.0 Å². The van der Waals surface area contributed by atoms with E-state index in [0.717, 1.165) is 11.3 Å². The Labute approximate surface area is 127 Å². The van der Waals surface area contributed by atoms with E-state index in [1.54, 1.807) is 6.07 Å². The molecule has 0 amide bonds. The van der Waals surface area contributed by atoms with Crippen molar-refractivity contribution in [2.24, 2.45) is 0 Å². The normalized spacial score (nSPS) is 11.3. The second-order valence-corrected chi connectivity index (χ2v) is 7.98. The molecule has 0 saturated carbocycles. The highest BCUT2D eigenvalue weighted by molar-refractivity contribution is 9.11. The fraction of sp³-hybridized carbons (Fsp3) is 0.111. The number of ether oxygens (including phenoxy) is 1. The van der Waals surface area contributed by atoms with Gasteiger partial charge in [0.2, 0.25) is 11.8 Å². The van der Waals surface area contributed by atoms with E-state index in [-0.39, 0.29) is 21.2 Å². The van der Waals surface area contributed by atoms with Crippen molar-refractivity contribution in [3.63, 3.8) is 0 Å². The molecule has 0 unspecified atom stereocenters. The number of sulfonamides is 1. The Morgan fingerprint density at radius 2 is 2.16 bits per heavy atom. The number of aromatic nitrogens is 2. The third-order valence-electron chi connectivity index (χ3n) is 1.92. The number of hydrogen-bond donors (Lipinski definition) is 1. The van der Waals surface area contributed by atoms with Crippen molar-refractivity contribution < 1.29 is 13.2 Å². The van der Waals surface area contributed by atoms with Crippen LogP contribution in [0.1, 0.15) is 0 Å². The molecule has 2 aromatic heterocycles. The second kappa shape index (κ2) is 5.61. The van der Waals surface area contributed by atoms with E-state index in [4.69, 9.17) is 16.3 Å². The standard InChI is InChI=1S/C9H7BrClN3O3S2/c1-17-7-4-6(11)12-9(13-7)14-19(15,16)8-3-2-5(10)18-8/h2-4H,1H3,(H,12,13,14). The van der Waals surface area contributed by atoms with Crippen LogP contribution >= 0.6 is 38.9 Å². The Hall–Kier alpha value is -0.900. The molecule has 2 aromatic rings. The van der Waals surface area contributed by atoms with E-state index in [2.05, 4.69) is 30.6 Å². The quantitative estimate of drug-likeness (QED) is 0.820. The third-order valence-corrected chi connectivity index (χ3v) is 5.56. The maximum absolute atomic E-state index is 12.0. The summed E-state index contributed by atoms with van der Waals surface area (Å²) in [6.45, 7) is 0. The number of anilines is 1. The third kappa shape index (κ3) is 3.56. The van der Waals surface area contributed by atoms with Crippen LogP contribution in [0.5, 0.6) is 5.88 Å². The Kier molecular flexibility index (Phi) is 4.29. The number of nitrogens with one attached hydrogen (secondary N) is 1. The van der Waals surface area contributed by atoms with E-state index < -0.39 is 10.0 Å². The number of rotatable bonds is 4. The van der Waals surface area contributed by atoms with E-state index in [1.165, 1.54) is 19.2 Å². The smallest absolute Gasteiger partial charge is 0.273 e. The summed E-state index contributed by atoms with van der Waals surface area (Å²) in [6.07, 6.45) is 0. The Balaban J connectivity index is 2.32. The van der Waals surface area contributed by atoms with Gasteiger partial charge in [0.15, 0.2) is 0 Å². The molecule has 2 heterocycles. The van der Waals surface area contributed by atoms with Crippen LogP contribution in [0, 0.1) is 0 Å². The van der Waals surface area contributed by atoms with Crippen molar-refractivity contribution >= 4 is 54.8 Å². The first-order valence-electron chi connectivity index (χ1n) is 4.77. The molecule has 0 bridgehead atoms. The van der Waals surface area contributed by atoms with Gasteiger partial charge in [-0.1, -0.05) is 11.6 Å². The van der Waals surface area contributed by atoms with Gasteiger partial charge in [-0.15, -0.1) is 11.3 Å². The molecule has 0 atom stereocenters. The number of methoxy groups -OCH3 is 1. The minimum Gasteiger partial charge on any atom is -0.481 e. The fourth-order valence-corrected chi connectivity index (χ4v) is 4.29. The summed E-state index contributed by atoms with van der Waals surface area (Å²) in [5.41, 5.74) is 0. The van der Waals surface area contributed by atoms with Crippen molar-refractivity contribution in [3.05, 3.63) is 27.1 Å². The van der Waals surface area contributed by atoms with Crippen LogP contribution in [-0.2, 0) is 10.0 Å². The van der Waals surface area contributed by atoms with Crippen molar-refractivity contribution in [1.29, 1.82) is 0 Å². The summed E-state index contributed by atoms with van der Waals surface area (Å²) < 4.78 is 32.1. The molecule has 10 heteroatoms. The maximum Gasteiger partial charge on any atom is 0.273 e.